The molecular formula is C10H20N4O2S. The molecule has 0 aromatic carbocycles. The molecular weight excluding hydrogens is 240 g/mol. The molecule has 1 aromatic rings. The van der Waals surface area contributed by atoms with Crippen LogP contribution in [-0.2, 0) is 16.9 Å². The van der Waals surface area contributed by atoms with Crippen molar-refractivity contribution in [3.63, 3.8) is 0 Å². The third-order valence-electron chi connectivity index (χ3n) is 2.68. The third kappa shape index (κ3) is 4.45. The van der Waals surface area contributed by atoms with Crippen molar-refractivity contribution in [1.82, 2.24) is 14.7 Å². The van der Waals surface area contributed by atoms with E-state index in [1.807, 2.05) is 25.2 Å². The summed E-state index contributed by atoms with van der Waals surface area (Å²) in [5, 5.41) is 4.09. The molecule has 0 bridgehead atoms. The minimum atomic E-state index is -2.94. The van der Waals surface area contributed by atoms with E-state index in [0.29, 0.717) is 13.1 Å². The Hall–Kier alpha value is -0.920. The van der Waals surface area contributed by atoms with Gasteiger partial charge in [0.15, 0.2) is 0 Å². The van der Waals surface area contributed by atoms with E-state index < -0.39 is 9.84 Å². The fourth-order valence-electron chi connectivity index (χ4n) is 1.65. The molecule has 0 aliphatic carbocycles. The van der Waals surface area contributed by atoms with Gasteiger partial charge in [0.25, 0.3) is 0 Å². The van der Waals surface area contributed by atoms with Crippen LogP contribution in [0.1, 0.15) is 11.6 Å². The summed E-state index contributed by atoms with van der Waals surface area (Å²) in [4.78, 5) is 1.94. The second kappa shape index (κ2) is 5.61. The molecule has 0 saturated heterocycles. The van der Waals surface area contributed by atoms with Gasteiger partial charge in [0.2, 0.25) is 0 Å². The third-order valence-corrected chi connectivity index (χ3v) is 3.60. The van der Waals surface area contributed by atoms with Gasteiger partial charge in [-0.3, -0.25) is 9.58 Å². The molecule has 1 unspecified atom stereocenters. The molecule has 98 valence electrons. The fourth-order valence-corrected chi connectivity index (χ4v) is 2.27. The first-order valence-corrected chi connectivity index (χ1v) is 7.46. The van der Waals surface area contributed by atoms with Gasteiger partial charge in [-0.2, -0.15) is 5.10 Å². The first kappa shape index (κ1) is 14.1. The zero-order chi connectivity index (χ0) is 13.1. The number of nitrogens with two attached hydrogens (primary N) is 1. The molecule has 0 aliphatic rings. The topological polar surface area (TPSA) is 81.2 Å². The Bertz CT molecular complexity index is 455. The summed E-state index contributed by atoms with van der Waals surface area (Å²) in [5.41, 5.74) is 6.73. The largest absolute Gasteiger partial charge is 0.329 e. The Morgan fingerprint density at radius 3 is 2.65 bits per heavy atom. The van der Waals surface area contributed by atoms with Gasteiger partial charge < -0.3 is 5.73 Å². The second-order valence-corrected chi connectivity index (χ2v) is 6.57. The standard InChI is InChI=1S/C10H20N4O2S/c1-13(4-5-17(3,15)16)10(6-11)9-7-12-14(2)8-9/h7-8,10H,4-6,11H2,1-3H3. The number of hydrogen-bond acceptors (Lipinski definition) is 5. The second-order valence-electron chi connectivity index (χ2n) is 4.31. The van der Waals surface area contributed by atoms with Crippen LogP contribution in [0.4, 0.5) is 0 Å². The first-order valence-electron chi connectivity index (χ1n) is 5.40. The van der Waals surface area contributed by atoms with Crippen LogP contribution in [0, 0.1) is 0 Å². The van der Waals surface area contributed by atoms with E-state index in [2.05, 4.69) is 5.10 Å². The van der Waals surface area contributed by atoms with Crippen LogP contribution in [0.25, 0.3) is 0 Å². The molecule has 0 amide bonds. The van der Waals surface area contributed by atoms with Crippen LogP contribution in [0.5, 0.6) is 0 Å². The highest BCUT2D eigenvalue weighted by Gasteiger charge is 2.18. The molecule has 1 aromatic heterocycles. The van der Waals surface area contributed by atoms with Crippen LogP contribution in [0.2, 0.25) is 0 Å². The molecule has 0 radical (unpaired) electrons. The molecule has 0 saturated carbocycles. The maximum Gasteiger partial charge on any atom is 0.148 e. The number of aryl methyl sites for hydroxylation is 1. The maximum atomic E-state index is 11.1. The van der Waals surface area contributed by atoms with Crippen LogP contribution in [0.15, 0.2) is 12.4 Å². The lowest BCUT2D eigenvalue weighted by Crippen LogP contribution is -2.33. The summed E-state index contributed by atoms with van der Waals surface area (Å²) >= 11 is 0. The van der Waals surface area contributed by atoms with Gasteiger partial charge in [0.05, 0.1) is 11.9 Å². The minimum Gasteiger partial charge on any atom is -0.329 e. The molecule has 17 heavy (non-hydrogen) atoms. The number of likely N-dealkylation sites (N-methyl/N-ethyl adjacent to an activating group) is 1. The highest BCUT2D eigenvalue weighted by atomic mass is 32.2. The predicted octanol–water partition coefficient (Wildman–Crippen LogP) is -0.604. The quantitative estimate of drug-likeness (QED) is 0.738. The van der Waals surface area contributed by atoms with Crippen LogP contribution < -0.4 is 5.73 Å². The fraction of sp³-hybridized carbons (Fsp3) is 0.700. The predicted molar refractivity (Wildman–Crippen MR) is 67.3 cm³/mol. The van der Waals surface area contributed by atoms with Crippen molar-refractivity contribution in [3.05, 3.63) is 18.0 Å². The lowest BCUT2D eigenvalue weighted by Gasteiger charge is -2.25. The van der Waals surface area contributed by atoms with Gasteiger partial charge in [0, 0.05) is 44.2 Å². The Labute approximate surface area is 102 Å². The van der Waals surface area contributed by atoms with E-state index in [9.17, 15) is 8.42 Å². The summed E-state index contributed by atoms with van der Waals surface area (Å²) in [6, 6.07) is 0.00505. The average molecular weight is 260 g/mol. The zero-order valence-corrected chi connectivity index (χ0v) is 11.3. The highest BCUT2D eigenvalue weighted by molar-refractivity contribution is 7.90. The SMILES string of the molecule is CN(CCS(C)(=O)=O)C(CN)c1cnn(C)c1. The molecule has 1 rings (SSSR count). The number of aromatic nitrogens is 2. The zero-order valence-electron chi connectivity index (χ0n) is 10.5. The van der Waals surface area contributed by atoms with Crippen LogP contribution >= 0.6 is 0 Å². The van der Waals surface area contributed by atoms with E-state index in [1.165, 1.54) is 6.26 Å². The molecule has 6 nitrogen and oxygen atoms in total. The van der Waals surface area contributed by atoms with Crippen molar-refractivity contribution in [2.45, 2.75) is 6.04 Å². The van der Waals surface area contributed by atoms with Crippen molar-refractivity contribution < 1.29 is 8.42 Å². The smallest absolute Gasteiger partial charge is 0.148 e. The maximum absolute atomic E-state index is 11.1. The van der Waals surface area contributed by atoms with E-state index >= 15 is 0 Å². The van der Waals surface area contributed by atoms with E-state index in [4.69, 9.17) is 5.73 Å². The summed E-state index contributed by atoms with van der Waals surface area (Å²) in [7, 11) is 0.770. The van der Waals surface area contributed by atoms with Crippen molar-refractivity contribution in [3.8, 4) is 0 Å². The molecule has 0 spiro atoms. The average Bonchev–Trinajstić information content (AvgIpc) is 2.62. The van der Waals surface area contributed by atoms with Crippen LogP contribution in [0.3, 0.4) is 0 Å². The van der Waals surface area contributed by atoms with Crippen molar-refractivity contribution in [1.29, 1.82) is 0 Å². The number of sulfone groups is 1. The molecule has 0 fully saturated rings. The molecule has 7 heteroatoms. The Balaban J connectivity index is 2.68. The van der Waals surface area contributed by atoms with Gasteiger partial charge in [-0.15, -0.1) is 0 Å². The lowest BCUT2D eigenvalue weighted by atomic mass is 10.1. The molecule has 1 atom stereocenters. The summed E-state index contributed by atoms with van der Waals surface area (Å²) < 4.78 is 23.9. The highest BCUT2D eigenvalue weighted by Crippen LogP contribution is 2.16. The summed E-state index contributed by atoms with van der Waals surface area (Å²) in [6.45, 7) is 0.904. The Morgan fingerprint density at radius 2 is 2.24 bits per heavy atom. The number of nitrogens with zero attached hydrogens (tertiary/aromatic N) is 3. The Morgan fingerprint density at radius 1 is 1.59 bits per heavy atom. The van der Waals surface area contributed by atoms with Crippen LogP contribution in [-0.4, -0.2) is 55.2 Å². The van der Waals surface area contributed by atoms with Gasteiger partial charge in [-0.1, -0.05) is 0 Å². The summed E-state index contributed by atoms with van der Waals surface area (Å²) in [5.74, 6) is 0.139. The van der Waals surface area contributed by atoms with Gasteiger partial charge in [0.1, 0.15) is 9.84 Å². The first-order chi connectivity index (χ1) is 7.83. The van der Waals surface area contributed by atoms with E-state index in [1.54, 1.807) is 10.9 Å². The molecule has 1 heterocycles. The van der Waals surface area contributed by atoms with Gasteiger partial charge in [-0.05, 0) is 7.05 Å². The van der Waals surface area contributed by atoms with Crippen molar-refractivity contribution >= 4 is 9.84 Å². The summed E-state index contributed by atoms with van der Waals surface area (Å²) in [6.07, 6.45) is 4.89. The van der Waals surface area contributed by atoms with Gasteiger partial charge >= 0.3 is 0 Å². The minimum absolute atomic E-state index is 0.00505. The van der Waals surface area contributed by atoms with E-state index in [0.717, 1.165) is 5.56 Å². The number of hydrogen-bond donors (Lipinski definition) is 1. The van der Waals surface area contributed by atoms with Crippen molar-refractivity contribution in [2.75, 3.05) is 32.1 Å². The number of rotatable bonds is 6. The van der Waals surface area contributed by atoms with Crippen molar-refractivity contribution in [2.24, 2.45) is 12.8 Å². The molecule has 2 N–H and O–H groups in total. The lowest BCUT2D eigenvalue weighted by molar-refractivity contribution is 0.264. The normalized spacial score (nSPS) is 14.2. The Kier molecular flexibility index (Phi) is 4.67. The molecule has 0 aliphatic heterocycles. The van der Waals surface area contributed by atoms with E-state index in [-0.39, 0.29) is 11.8 Å². The van der Waals surface area contributed by atoms with Gasteiger partial charge in [-0.25, -0.2) is 8.42 Å². The monoisotopic (exact) mass is 260 g/mol.